The summed E-state index contributed by atoms with van der Waals surface area (Å²) < 4.78 is 0. The molecule has 0 unspecified atom stereocenters. The van der Waals surface area contributed by atoms with Crippen LogP contribution in [0.4, 0.5) is 4.79 Å². The van der Waals surface area contributed by atoms with Crippen LogP contribution in [0, 0.1) is 5.41 Å². The van der Waals surface area contributed by atoms with Gasteiger partial charge in [0.05, 0.1) is 5.57 Å². The second kappa shape index (κ2) is 3.49. The van der Waals surface area contributed by atoms with Crippen molar-refractivity contribution in [3.63, 3.8) is 0 Å². The fourth-order valence-corrected chi connectivity index (χ4v) is 1.02. The van der Waals surface area contributed by atoms with E-state index in [1.807, 2.05) is 0 Å². The standard InChI is InChI=1S/C8H12N4O2/c1-11(2)4-5-6(9)12(3)8(14)10-7(5)13/h4,9H,1-3H3,(H,10,13,14)/b5-4+,9-6?. The van der Waals surface area contributed by atoms with Crippen molar-refractivity contribution in [2.75, 3.05) is 21.1 Å². The maximum Gasteiger partial charge on any atom is 0.329 e. The summed E-state index contributed by atoms with van der Waals surface area (Å²) in [6.07, 6.45) is 1.50. The van der Waals surface area contributed by atoms with Crippen molar-refractivity contribution >= 4 is 17.8 Å². The number of rotatable bonds is 1. The van der Waals surface area contributed by atoms with Crippen LogP contribution in [0.5, 0.6) is 0 Å². The van der Waals surface area contributed by atoms with Gasteiger partial charge < -0.3 is 4.90 Å². The molecule has 1 aliphatic rings. The molecule has 2 N–H and O–H groups in total. The number of carbonyl (C=O) groups is 2. The lowest BCUT2D eigenvalue weighted by atomic mass is 10.2. The summed E-state index contributed by atoms with van der Waals surface area (Å²) in [5.74, 6) is -0.626. The predicted octanol–water partition coefficient (Wildman–Crippen LogP) is -0.409. The van der Waals surface area contributed by atoms with E-state index < -0.39 is 11.9 Å². The minimum atomic E-state index is -0.573. The molecule has 0 aromatic carbocycles. The number of carbonyl (C=O) groups excluding carboxylic acids is 2. The van der Waals surface area contributed by atoms with Gasteiger partial charge in [0, 0.05) is 27.3 Å². The van der Waals surface area contributed by atoms with Gasteiger partial charge >= 0.3 is 6.03 Å². The Balaban J connectivity index is 3.02. The first-order valence-electron chi connectivity index (χ1n) is 3.99. The zero-order valence-electron chi connectivity index (χ0n) is 8.29. The summed E-state index contributed by atoms with van der Waals surface area (Å²) in [6.45, 7) is 0. The molecule has 0 aromatic heterocycles. The summed E-state index contributed by atoms with van der Waals surface area (Å²) >= 11 is 0. The fraction of sp³-hybridized carbons (Fsp3) is 0.375. The van der Waals surface area contributed by atoms with E-state index in [9.17, 15) is 9.59 Å². The molecule has 1 saturated heterocycles. The lowest BCUT2D eigenvalue weighted by molar-refractivity contribution is -0.116. The average Bonchev–Trinajstić information content (AvgIpc) is 2.09. The highest BCUT2D eigenvalue weighted by Gasteiger charge is 2.30. The van der Waals surface area contributed by atoms with Crippen LogP contribution in [0.3, 0.4) is 0 Å². The van der Waals surface area contributed by atoms with Crippen molar-refractivity contribution in [1.82, 2.24) is 15.1 Å². The number of imide groups is 1. The van der Waals surface area contributed by atoms with Crippen molar-refractivity contribution in [2.45, 2.75) is 0 Å². The number of nitrogens with zero attached hydrogens (tertiary/aromatic N) is 2. The number of amidine groups is 1. The monoisotopic (exact) mass is 196 g/mol. The Kier molecular flexibility index (Phi) is 2.55. The smallest absolute Gasteiger partial charge is 0.329 e. The molecule has 0 aromatic rings. The summed E-state index contributed by atoms with van der Waals surface area (Å²) in [6, 6.07) is -0.573. The molecule has 14 heavy (non-hydrogen) atoms. The van der Waals surface area contributed by atoms with Crippen molar-refractivity contribution in [3.05, 3.63) is 11.8 Å². The third-order valence-electron chi connectivity index (χ3n) is 1.75. The van der Waals surface area contributed by atoms with Crippen LogP contribution < -0.4 is 5.32 Å². The van der Waals surface area contributed by atoms with Gasteiger partial charge in [-0.1, -0.05) is 0 Å². The van der Waals surface area contributed by atoms with E-state index in [0.717, 1.165) is 4.90 Å². The van der Waals surface area contributed by atoms with E-state index in [4.69, 9.17) is 5.41 Å². The van der Waals surface area contributed by atoms with Gasteiger partial charge in [-0.15, -0.1) is 0 Å². The quantitative estimate of drug-likeness (QED) is 0.560. The highest BCUT2D eigenvalue weighted by atomic mass is 16.2. The van der Waals surface area contributed by atoms with Gasteiger partial charge in [0.25, 0.3) is 5.91 Å². The number of amides is 3. The van der Waals surface area contributed by atoms with Gasteiger partial charge in [-0.05, 0) is 0 Å². The van der Waals surface area contributed by atoms with Gasteiger partial charge in [-0.2, -0.15) is 0 Å². The minimum absolute atomic E-state index is 0.0903. The Morgan fingerprint density at radius 1 is 1.43 bits per heavy atom. The molecule has 1 heterocycles. The predicted molar refractivity (Wildman–Crippen MR) is 50.8 cm³/mol. The summed E-state index contributed by atoms with van der Waals surface area (Å²) in [5, 5.41) is 9.68. The summed E-state index contributed by atoms with van der Waals surface area (Å²) in [4.78, 5) is 25.1. The first-order chi connectivity index (χ1) is 6.43. The Morgan fingerprint density at radius 3 is 2.50 bits per heavy atom. The van der Waals surface area contributed by atoms with E-state index in [0.29, 0.717) is 0 Å². The molecule has 0 aliphatic carbocycles. The number of urea groups is 1. The van der Waals surface area contributed by atoms with Crippen LogP contribution in [0.2, 0.25) is 0 Å². The zero-order chi connectivity index (χ0) is 10.9. The molecule has 0 radical (unpaired) electrons. The number of nitrogens with one attached hydrogen (secondary N) is 2. The second-order valence-electron chi connectivity index (χ2n) is 3.17. The van der Waals surface area contributed by atoms with Crippen molar-refractivity contribution in [1.29, 1.82) is 5.41 Å². The van der Waals surface area contributed by atoms with E-state index in [2.05, 4.69) is 5.32 Å². The van der Waals surface area contributed by atoms with Gasteiger partial charge in [0.2, 0.25) is 0 Å². The van der Waals surface area contributed by atoms with Crippen molar-refractivity contribution < 1.29 is 9.59 Å². The van der Waals surface area contributed by atoms with Crippen LogP contribution in [-0.4, -0.2) is 48.7 Å². The number of hydrogen-bond acceptors (Lipinski definition) is 4. The molecule has 0 bridgehead atoms. The Bertz CT molecular complexity index is 332. The Hall–Kier alpha value is -1.85. The largest absolute Gasteiger partial charge is 0.383 e. The fourth-order valence-electron chi connectivity index (χ4n) is 1.02. The third-order valence-corrected chi connectivity index (χ3v) is 1.75. The molecule has 0 saturated carbocycles. The van der Waals surface area contributed by atoms with Crippen LogP contribution in [0.15, 0.2) is 11.8 Å². The molecule has 3 amide bonds. The first-order valence-corrected chi connectivity index (χ1v) is 3.99. The van der Waals surface area contributed by atoms with E-state index in [1.165, 1.54) is 13.2 Å². The van der Waals surface area contributed by atoms with Crippen LogP contribution in [0.1, 0.15) is 0 Å². The molecule has 0 atom stereocenters. The first kappa shape index (κ1) is 10.2. The molecular weight excluding hydrogens is 184 g/mol. The van der Waals surface area contributed by atoms with Gasteiger partial charge in [-0.25, -0.2) is 4.79 Å². The van der Waals surface area contributed by atoms with Gasteiger partial charge in [0.1, 0.15) is 5.84 Å². The maximum absolute atomic E-state index is 11.3. The molecule has 0 spiro atoms. The normalized spacial score (nSPS) is 20.1. The molecule has 6 nitrogen and oxygen atoms in total. The highest BCUT2D eigenvalue weighted by Crippen LogP contribution is 2.07. The lowest BCUT2D eigenvalue weighted by Crippen LogP contribution is -2.52. The molecule has 1 fully saturated rings. The highest BCUT2D eigenvalue weighted by molar-refractivity contribution is 6.29. The van der Waals surface area contributed by atoms with Crippen LogP contribution in [0.25, 0.3) is 0 Å². The number of hydrogen-bond donors (Lipinski definition) is 2. The van der Waals surface area contributed by atoms with Crippen LogP contribution in [-0.2, 0) is 4.79 Å². The average molecular weight is 196 g/mol. The van der Waals surface area contributed by atoms with E-state index in [1.54, 1.807) is 19.0 Å². The topological polar surface area (TPSA) is 76.5 Å². The maximum atomic E-state index is 11.3. The molecule has 6 heteroatoms. The summed E-state index contributed by atoms with van der Waals surface area (Å²) in [5.41, 5.74) is 0.178. The van der Waals surface area contributed by atoms with Crippen LogP contribution >= 0.6 is 0 Å². The van der Waals surface area contributed by atoms with Crippen molar-refractivity contribution in [2.24, 2.45) is 0 Å². The Morgan fingerprint density at radius 2 is 2.00 bits per heavy atom. The minimum Gasteiger partial charge on any atom is -0.383 e. The third kappa shape index (κ3) is 1.73. The van der Waals surface area contributed by atoms with E-state index >= 15 is 0 Å². The summed E-state index contributed by atoms with van der Waals surface area (Å²) in [7, 11) is 4.92. The van der Waals surface area contributed by atoms with Gasteiger partial charge in [0.15, 0.2) is 0 Å². The lowest BCUT2D eigenvalue weighted by Gasteiger charge is -2.25. The molecule has 1 aliphatic heterocycles. The molecule has 1 rings (SSSR count). The van der Waals surface area contributed by atoms with Gasteiger partial charge in [-0.3, -0.25) is 20.4 Å². The Labute approximate surface area is 81.7 Å². The number of likely N-dealkylation sites (N-methyl/N-ethyl adjacent to an activating group) is 1. The molecule has 76 valence electrons. The second-order valence-corrected chi connectivity index (χ2v) is 3.17. The SMILES string of the molecule is CN(C)/C=C1\C(=N)N(C)C(=O)NC1=O. The zero-order valence-corrected chi connectivity index (χ0v) is 8.29. The van der Waals surface area contributed by atoms with E-state index in [-0.39, 0.29) is 11.4 Å². The molecular formula is C8H12N4O2. The van der Waals surface area contributed by atoms with Crippen molar-refractivity contribution in [3.8, 4) is 0 Å².